The summed E-state index contributed by atoms with van der Waals surface area (Å²) in [6, 6.07) is 12.7. The Morgan fingerprint density at radius 2 is 1.91 bits per heavy atom. The molecule has 4 rings (SSSR count). The highest BCUT2D eigenvalue weighted by atomic mass is 32.2. The number of benzene rings is 2. The number of rotatable bonds is 9. The van der Waals surface area contributed by atoms with Crippen molar-refractivity contribution < 1.29 is 23.5 Å². The average molecular weight is 484 g/mol. The van der Waals surface area contributed by atoms with Gasteiger partial charge in [-0.2, -0.15) is 0 Å². The quantitative estimate of drug-likeness (QED) is 0.356. The number of thioether (sulfide) groups is 1. The third-order valence-electron chi connectivity index (χ3n) is 4.76. The summed E-state index contributed by atoms with van der Waals surface area (Å²) in [6.45, 7) is 4.27. The van der Waals surface area contributed by atoms with Crippen LogP contribution in [0.4, 0.5) is 10.1 Å². The molecule has 3 aromatic rings. The first-order valence-electron chi connectivity index (χ1n) is 10.4. The van der Waals surface area contributed by atoms with Gasteiger partial charge in [-0.3, -0.25) is 14.2 Å². The Bertz CT molecular complexity index is 1180. The largest absolute Gasteiger partial charge is 0.485 e. The van der Waals surface area contributed by atoms with Gasteiger partial charge < -0.3 is 20.1 Å². The maximum absolute atomic E-state index is 12.9. The zero-order chi connectivity index (χ0) is 23.9. The third-order valence-corrected chi connectivity index (χ3v) is 5.73. The van der Waals surface area contributed by atoms with E-state index in [0.29, 0.717) is 34.7 Å². The molecular weight excluding hydrogens is 461 g/mol. The van der Waals surface area contributed by atoms with Crippen LogP contribution in [0.25, 0.3) is 0 Å². The van der Waals surface area contributed by atoms with Gasteiger partial charge in [0, 0.05) is 12.2 Å². The molecule has 2 aromatic carbocycles. The van der Waals surface area contributed by atoms with Gasteiger partial charge in [0.15, 0.2) is 28.6 Å². The zero-order valence-electron chi connectivity index (χ0n) is 18.1. The minimum absolute atomic E-state index is 0.0317. The number of hydrogen-bond donors (Lipinski definition) is 2. The fourth-order valence-electron chi connectivity index (χ4n) is 3.19. The highest BCUT2D eigenvalue weighted by Crippen LogP contribution is 2.36. The number of fused-ring (bicyclic) bond motifs is 1. The summed E-state index contributed by atoms with van der Waals surface area (Å²) in [6.07, 6.45) is 1.25. The van der Waals surface area contributed by atoms with Gasteiger partial charge in [0.25, 0.3) is 0 Å². The molecule has 0 aliphatic carbocycles. The van der Waals surface area contributed by atoms with Crippen molar-refractivity contribution in [2.75, 3.05) is 24.2 Å². The molecule has 2 amide bonds. The van der Waals surface area contributed by atoms with E-state index in [1.165, 1.54) is 36.0 Å². The van der Waals surface area contributed by atoms with Crippen molar-refractivity contribution in [3.63, 3.8) is 0 Å². The Balaban J connectivity index is 1.31. The molecule has 1 aliphatic rings. The van der Waals surface area contributed by atoms with Gasteiger partial charge in [-0.1, -0.05) is 30.0 Å². The van der Waals surface area contributed by atoms with Crippen LogP contribution in [0, 0.1) is 5.82 Å². The number of carbonyl (C=O) groups excluding carboxylic acids is 2. The molecule has 2 N–H and O–H groups in total. The number of nitrogens with one attached hydrogen (secondary N) is 2. The SMILES string of the molecule is C=CCn1c(SCC(=O)NCC(=O)Nc2ccc(F)cc2)nnc1[C@@H]1COc2ccccc2O1. The van der Waals surface area contributed by atoms with E-state index in [9.17, 15) is 14.0 Å². The molecule has 0 fully saturated rings. The molecule has 0 bridgehead atoms. The van der Waals surface area contributed by atoms with Crippen LogP contribution in [0.5, 0.6) is 11.5 Å². The molecule has 0 saturated heterocycles. The standard InChI is InChI=1S/C23H22FN5O4S/c1-2-11-29-22(19-13-32-17-5-3-4-6-18(17)33-19)27-28-23(29)34-14-21(31)25-12-20(30)26-16-9-7-15(24)8-10-16/h2-10,19H,1,11-14H2,(H,25,31)(H,26,30)/t19-/m0/s1. The van der Waals surface area contributed by atoms with Crippen LogP contribution in [0.1, 0.15) is 11.9 Å². The van der Waals surface area contributed by atoms with Gasteiger partial charge in [-0.15, -0.1) is 16.8 Å². The number of nitrogens with zero attached hydrogens (tertiary/aromatic N) is 3. The number of halogens is 1. The second-order valence-electron chi connectivity index (χ2n) is 7.22. The van der Waals surface area contributed by atoms with Crippen LogP contribution >= 0.6 is 11.8 Å². The summed E-state index contributed by atoms with van der Waals surface area (Å²) in [5.74, 6) is 0.725. The fourth-order valence-corrected chi connectivity index (χ4v) is 3.98. The summed E-state index contributed by atoms with van der Waals surface area (Å²) in [5.41, 5.74) is 0.441. The molecule has 2 heterocycles. The van der Waals surface area contributed by atoms with Crippen molar-refractivity contribution in [1.29, 1.82) is 0 Å². The first-order valence-corrected chi connectivity index (χ1v) is 11.4. The molecule has 0 spiro atoms. The highest BCUT2D eigenvalue weighted by Gasteiger charge is 2.28. The van der Waals surface area contributed by atoms with Crippen LogP contribution in [0.15, 0.2) is 66.3 Å². The minimum atomic E-state index is -0.458. The molecule has 1 atom stereocenters. The molecular formula is C23H22FN5O4S. The monoisotopic (exact) mass is 483 g/mol. The number of carbonyl (C=O) groups is 2. The fraction of sp³-hybridized carbons (Fsp3) is 0.217. The van der Waals surface area contributed by atoms with E-state index in [4.69, 9.17) is 9.47 Å². The van der Waals surface area contributed by atoms with Gasteiger partial charge >= 0.3 is 0 Å². The van der Waals surface area contributed by atoms with Gasteiger partial charge in [-0.25, -0.2) is 4.39 Å². The summed E-state index contributed by atoms with van der Waals surface area (Å²) >= 11 is 1.18. The number of anilines is 1. The Morgan fingerprint density at radius 1 is 1.15 bits per heavy atom. The van der Waals surface area contributed by atoms with E-state index in [1.807, 2.05) is 28.8 Å². The molecule has 34 heavy (non-hydrogen) atoms. The third kappa shape index (κ3) is 5.73. The Morgan fingerprint density at radius 3 is 2.68 bits per heavy atom. The first-order chi connectivity index (χ1) is 16.5. The first kappa shape index (κ1) is 23.3. The number of ether oxygens (including phenoxy) is 2. The van der Waals surface area contributed by atoms with Gasteiger partial charge in [0.05, 0.1) is 12.3 Å². The van der Waals surface area contributed by atoms with E-state index < -0.39 is 17.8 Å². The van der Waals surface area contributed by atoms with Crippen LogP contribution in [0.2, 0.25) is 0 Å². The predicted octanol–water partition coefficient (Wildman–Crippen LogP) is 2.96. The second-order valence-corrected chi connectivity index (χ2v) is 8.17. The lowest BCUT2D eigenvalue weighted by atomic mass is 10.2. The number of para-hydroxylation sites is 2. The lowest BCUT2D eigenvalue weighted by molar-refractivity contribution is -0.122. The van der Waals surface area contributed by atoms with Crippen molar-refractivity contribution in [1.82, 2.24) is 20.1 Å². The van der Waals surface area contributed by atoms with Crippen LogP contribution in [0.3, 0.4) is 0 Å². The van der Waals surface area contributed by atoms with Crippen molar-refractivity contribution in [3.8, 4) is 11.5 Å². The molecule has 1 aromatic heterocycles. The van der Waals surface area contributed by atoms with E-state index >= 15 is 0 Å². The molecule has 176 valence electrons. The summed E-state index contributed by atoms with van der Waals surface area (Å²) in [7, 11) is 0. The van der Waals surface area contributed by atoms with Gasteiger partial charge in [0.2, 0.25) is 11.8 Å². The smallest absolute Gasteiger partial charge is 0.243 e. The Kier molecular flexibility index (Phi) is 7.43. The number of hydrogen-bond acceptors (Lipinski definition) is 7. The maximum atomic E-state index is 12.9. The van der Waals surface area contributed by atoms with E-state index in [0.717, 1.165) is 0 Å². The van der Waals surface area contributed by atoms with Crippen molar-refractivity contribution in [2.45, 2.75) is 17.8 Å². The normalized spacial score (nSPS) is 14.3. The number of amides is 2. The van der Waals surface area contributed by atoms with Crippen LogP contribution in [-0.4, -0.2) is 45.5 Å². The Hall–Kier alpha value is -3.86. The highest BCUT2D eigenvalue weighted by molar-refractivity contribution is 7.99. The molecule has 0 radical (unpaired) electrons. The molecule has 0 unspecified atom stereocenters. The van der Waals surface area contributed by atoms with Gasteiger partial charge in [-0.05, 0) is 36.4 Å². The van der Waals surface area contributed by atoms with Gasteiger partial charge in [0.1, 0.15) is 12.4 Å². The van der Waals surface area contributed by atoms with Crippen LogP contribution in [-0.2, 0) is 16.1 Å². The van der Waals surface area contributed by atoms with Crippen LogP contribution < -0.4 is 20.1 Å². The predicted molar refractivity (Wildman–Crippen MR) is 124 cm³/mol. The summed E-state index contributed by atoms with van der Waals surface area (Å²) < 4.78 is 26.6. The lowest BCUT2D eigenvalue weighted by Gasteiger charge is -2.26. The number of allylic oxidation sites excluding steroid dienone is 1. The van der Waals surface area contributed by atoms with E-state index in [2.05, 4.69) is 27.4 Å². The number of aromatic nitrogens is 3. The van der Waals surface area contributed by atoms with E-state index in [-0.39, 0.29) is 24.8 Å². The second kappa shape index (κ2) is 10.8. The molecule has 0 saturated carbocycles. The summed E-state index contributed by atoms with van der Waals surface area (Å²) in [5, 5.41) is 14.1. The van der Waals surface area contributed by atoms with Crippen molar-refractivity contribution >= 4 is 29.3 Å². The average Bonchev–Trinajstić information content (AvgIpc) is 3.25. The maximum Gasteiger partial charge on any atom is 0.243 e. The Labute approximate surface area is 199 Å². The summed E-state index contributed by atoms with van der Waals surface area (Å²) in [4.78, 5) is 24.2. The minimum Gasteiger partial charge on any atom is -0.485 e. The molecule has 1 aliphatic heterocycles. The van der Waals surface area contributed by atoms with E-state index in [1.54, 1.807) is 6.08 Å². The molecule has 9 nitrogen and oxygen atoms in total. The zero-order valence-corrected chi connectivity index (χ0v) is 18.9. The van der Waals surface area contributed by atoms with Crippen molar-refractivity contribution in [2.24, 2.45) is 0 Å². The topological polar surface area (TPSA) is 107 Å². The molecule has 11 heteroatoms. The lowest BCUT2D eigenvalue weighted by Crippen LogP contribution is -2.34. The van der Waals surface area contributed by atoms with Crippen molar-refractivity contribution in [3.05, 3.63) is 72.8 Å².